The number of ether oxygens (including phenoxy) is 1. The summed E-state index contributed by atoms with van der Waals surface area (Å²) in [5, 5.41) is 5.85. The summed E-state index contributed by atoms with van der Waals surface area (Å²) in [6, 6.07) is 16.1. The zero-order chi connectivity index (χ0) is 19.9. The van der Waals surface area contributed by atoms with Crippen LogP contribution in [0.3, 0.4) is 0 Å². The van der Waals surface area contributed by atoms with Crippen molar-refractivity contribution in [3.63, 3.8) is 0 Å². The number of para-hydroxylation sites is 1. The van der Waals surface area contributed by atoms with Gasteiger partial charge in [0.2, 0.25) is 0 Å². The molecule has 7 heteroatoms. The fourth-order valence-corrected chi connectivity index (χ4v) is 3.12. The van der Waals surface area contributed by atoms with E-state index in [9.17, 15) is 9.59 Å². The Morgan fingerprint density at radius 1 is 1.07 bits per heavy atom. The highest BCUT2D eigenvalue weighted by Gasteiger charge is 2.15. The number of furan rings is 1. The molecule has 0 aliphatic heterocycles. The second-order valence-corrected chi connectivity index (χ2v) is 6.94. The molecular formula is C21H19BrN2O4. The highest BCUT2D eigenvalue weighted by molar-refractivity contribution is 9.10. The summed E-state index contributed by atoms with van der Waals surface area (Å²) in [6.45, 7) is 2.00. The molecule has 0 spiro atoms. The van der Waals surface area contributed by atoms with Gasteiger partial charge in [-0.05, 0) is 64.8 Å². The predicted molar refractivity (Wildman–Crippen MR) is 110 cm³/mol. The zero-order valence-corrected chi connectivity index (χ0v) is 16.8. The van der Waals surface area contributed by atoms with E-state index in [4.69, 9.17) is 9.15 Å². The summed E-state index contributed by atoms with van der Waals surface area (Å²) >= 11 is 3.40. The average molecular weight is 443 g/mol. The van der Waals surface area contributed by atoms with E-state index in [1.807, 2.05) is 31.2 Å². The van der Waals surface area contributed by atoms with E-state index >= 15 is 0 Å². The monoisotopic (exact) mass is 442 g/mol. The maximum absolute atomic E-state index is 12.4. The predicted octanol–water partition coefficient (Wildman–Crippen LogP) is 4.76. The van der Waals surface area contributed by atoms with Crippen LogP contribution in [0.15, 0.2) is 69.8 Å². The van der Waals surface area contributed by atoms with Gasteiger partial charge < -0.3 is 19.8 Å². The molecule has 0 radical (unpaired) electrons. The number of halogens is 1. The number of nitrogens with one attached hydrogen (secondary N) is 2. The molecule has 2 N–H and O–H groups in total. The summed E-state index contributed by atoms with van der Waals surface area (Å²) < 4.78 is 11.2. The molecule has 0 bridgehead atoms. The van der Waals surface area contributed by atoms with Crippen LogP contribution in [-0.2, 0) is 16.1 Å². The molecule has 2 aromatic carbocycles. The quantitative estimate of drug-likeness (QED) is 0.515. The van der Waals surface area contributed by atoms with Gasteiger partial charge in [-0.2, -0.15) is 0 Å². The van der Waals surface area contributed by atoms with Crippen LogP contribution >= 0.6 is 15.9 Å². The highest BCUT2D eigenvalue weighted by atomic mass is 79.9. The lowest BCUT2D eigenvalue weighted by molar-refractivity contribution is -0.119. The van der Waals surface area contributed by atoms with Crippen LogP contribution in [0.2, 0.25) is 0 Å². The van der Waals surface area contributed by atoms with Crippen LogP contribution in [0.1, 0.15) is 21.7 Å². The Labute approximate surface area is 171 Å². The summed E-state index contributed by atoms with van der Waals surface area (Å²) in [7, 11) is 0. The van der Waals surface area contributed by atoms with E-state index in [0.29, 0.717) is 23.5 Å². The van der Waals surface area contributed by atoms with Crippen LogP contribution in [0, 0.1) is 6.92 Å². The van der Waals surface area contributed by atoms with Crippen molar-refractivity contribution in [2.45, 2.75) is 13.5 Å². The molecule has 0 atom stereocenters. The lowest BCUT2D eigenvalue weighted by Crippen LogP contribution is -2.21. The van der Waals surface area contributed by atoms with E-state index < -0.39 is 11.9 Å². The van der Waals surface area contributed by atoms with Crippen LogP contribution in [0.25, 0.3) is 0 Å². The molecule has 0 aliphatic rings. The number of rotatable bonds is 7. The molecule has 6 nitrogen and oxygen atoms in total. The normalized spacial score (nSPS) is 10.4. The topological polar surface area (TPSA) is 80.6 Å². The number of amides is 1. The van der Waals surface area contributed by atoms with Crippen molar-refractivity contribution in [2.24, 2.45) is 0 Å². The Morgan fingerprint density at radius 3 is 2.64 bits per heavy atom. The highest BCUT2D eigenvalue weighted by Crippen LogP contribution is 2.23. The Hall–Kier alpha value is -3.06. The largest absolute Gasteiger partial charge is 0.467 e. The maximum Gasteiger partial charge on any atom is 0.340 e. The van der Waals surface area contributed by atoms with E-state index in [0.717, 1.165) is 15.8 Å². The molecule has 0 aliphatic carbocycles. The number of carbonyl (C=O) groups excluding carboxylic acids is 2. The molecule has 3 aromatic rings. The van der Waals surface area contributed by atoms with Crippen molar-refractivity contribution in [2.75, 3.05) is 17.2 Å². The first-order valence-corrected chi connectivity index (χ1v) is 9.40. The van der Waals surface area contributed by atoms with Crippen molar-refractivity contribution in [1.29, 1.82) is 0 Å². The molecule has 28 heavy (non-hydrogen) atoms. The fourth-order valence-electron chi connectivity index (χ4n) is 2.53. The lowest BCUT2D eigenvalue weighted by Gasteiger charge is -2.12. The van der Waals surface area contributed by atoms with Crippen molar-refractivity contribution < 1.29 is 18.7 Å². The summed E-state index contributed by atoms with van der Waals surface area (Å²) in [6.07, 6.45) is 1.59. The van der Waals surface area contributed by atoms with Crippen molar-refractivity contribution in [3.05, 3.63) is 82.2 Å². The molecule has 1 heterocycles. The van der Waals surface area contributed by atoms with Crippen LogP contribution in [-0.4, -0.2) is 18.5 Å². The van der Waals surface area contributed by atoms with Crippen LogP contribution < -0.4 is 10.6 Å². The molecule has 0 unspecified atom stereocenters. The van der Waals surface area contributed by atoms with Crippen LogP contribution in [0.5, 0.6) is 0 Å². The number of benzene rings is 2. The first-order chi connectivity index (χ1) is 13.5. The third-order valence-electron chi connectivity index (χ3n) is 3.91. The third kappa shape index (κ3) is 5.23. The molecular weight excluding hydrogens is 424 g/mol. The summed E-state index contributed by atoms with van der Waals surface area (Å²) in [4.78, 5) is 24.5. The SMILES string of the molecule is Cc1ccc(NC(=O)COC(=O)c2ccccc2NCc2ccco2)c(Br)c1. The van der Waals surface area contributed by atoms with Gasteiger partial charge in [-0.3, -0.25) is 4.79 Å². The Kier molecular flexibility index (Phi) is 6.49. The van der Waals surface area contributed by atoms with Gasteiger partial charge >= 0.3 is 5.97 Å². The molecule has 1 aromatic heterocycles. The van der Waals surface area contributed by atoms with Crippen molar-refractivity contribution in [1.82, 2.24) is 0 Å². The molecule has 0 saturated heterocycles. The number of hydrogen-bond donors (Lipinski definition) is 2. The van der Waals surface area contributed by atoms with Gasteiger partial charge in [0.25, 0.3) is 5.91 Å². The minimum Gasteiger partial charge on any atom is -0.467 e. The van der Waals surface area contributed by atoms with Gasteiger partial charge in [0, 0.05) is 10.2 Å². The first kappa shape index (κ1) is 19.7. The number of hydrogen-bond acceptors (Lipinski definition) is 5. The van der Waals surface area contributed by atoms with E-state index in [2.05, 4.69) is 26.6 Å². The Bertz CT molecular complexity index is 970. The van der Waals surface area contributed by atoms with Gasteiger partial charge in [0.15, 0.2) is 6.61 Å². The van der Waals surface area contributed by atoms with Crippen molar-refractivity contribution in [3.8, 4) is 0 Å². The number of carbonyl (C=O) groups is 2. The lowest BCUT2D eigenvalue weighted by atomic mass is 10.2. The molecule has 144 valence electrons. The van der Waals surface area contributed by atoms with E-state index in [1.165, 1.54) is 0 Å². The molecule has 3 rings (SSSR count). The zero-order valence-electron chi connectivity index (χ0n) is 15.2. The van der Waals surface area contributed by atoms with Crippen molar-refractivity contribution >= 4 is 39.2 Å². The molecule has 1 amide bonds. The molecule has 0 fully saturated rings. The second-order valence-electron chi connectivity index (χ2n) is 6.09. The maximum atomic E-state index is 12.4. The van der Waals surface area contributed by atoms with E-state index in [-0.39, 0.29) is 6.61 Å². The van der Waals surface area contributed by atoms with Gasteiger partial charge in [0.05, 0.1) is 24.1 Å². The Balaban J connectivity index is 1.57. The average Bonchev–Trinajstić information content (AvgIpc) is 3.20. The minimum atomic E-state index is -0.583. The fraction of sp³-hybridized carbons (Fsp3) is 0.143. The van der Waals surface area contributed by atoms with Crippen LogP contribution in [0.4, 0.5) is 11.4 Å². The number of anilines is 2. The van der Waals surface area contributed by atoms with Gasteiger partial charge in [-0.25, -0.2) is 4.79 Å². The first-order valence-electron chi connectivity index (χ1n) is 8.61. The smallest absolute Gasteiger partial charge is 0.340 e. The molecule has 0 saturated carbocycles. The minimum absolute atomic E-state index is 0.346. The third-order valence-corrected chi connectivity index (χ3v) is 4.57. The Morgan fingerprint density at radius 2 is 1.89 bits per heavy atom. The number of esters is 1. The second kappa shape index (κ2) is 9.23. The van der Waals surface area contributed by atoms with Gasteiger partial charge in [-0.15, -0.1) is 0 Å². The summed E-state index contributed by atoms with van der Waals surface area (Å²) in [5.74, 6) is -0.259. The van der Waals surface area contributed by atoms with Gasteiger partial charge in [0.1, 0.15) is 5.76 Å². The standard InChI is InChI=1S/C21H19BrN2O4/c1-14-8-9-19(17(22)11-14)24-20(25)13-28-21(26)16-6-2-3-7-18(16)23-12-15-5-4-10-27-15/h2-11,23H,12-13H2,1H3,(H,24,25). The van der Waals surface area contributed by atoms with Gasteiger partial charge in [-0.1, -0.05) is 18.2 Å². The van der Waals surface area contributed by atoms with E-state index in [1.54, 1.807) is 36.6 Å². The number of aryl methyl sites for hydroxylation is 1. The summed E-state index contributed by atoms with van der Waals surface area (Å²) in [5.41, 5.74) is 2.63.